The molecule has 1 aromatic carbocycles. The van der Waals surface area contributed by atoms with E-state index in [1.165, 1.54) is 18.2 Å². The van der Waals surface area contributed by atoms with Crippen LogP contribution in [0.1, 0.15) is 52.7 Å². The number of aliphatic hydroxyl groups excluding tert-OH is 1. The molecule has 108 valence electrons. The lowest BCUT2D eigenvalue weighted by Gasteiger charge is -2.15. The number of carboxylic acid groups (broad SMARTS) is 1. The van der Waals surface area contributed by atoms with E-state index in [1.807, 2.05) is 0 Å². The zero-order valence-corrected chi connectivity index (χ0v) is 11.3. The van der Waals surface area contributed by atoms with Crippen molar-refractivity contribution < 1.29 is 29.3 Å². The van der Waals surface area contributed by atoms with Gasteiger partial charge in [-0.1, -0.05) is 19.1 Å². The lowest BCUT2D eigenvalue weighted by Crippen LogP contribution is -2.20. The summed E-state index contributed by atoms with van der Waals surface area (Å²) >= 11 is 0. The molecule has 0 amide bonds. The smallest absolute Gasteiger partial charge is 0.338 e. The van der Waals surface area contributed by atoms with E-state index in [4.69, 9.17) is 9.84 Å². The van der Waals surface area contributed by atoms with Crippen molar-refractivity contribution in [2.45, 2.75) is 26.4 Å². The van der Waals surface area contributed by atoms with Crippen molar-refractivity contribution in [1.29, 1.82) is 0 Å². The van der Waals surface area contributed by atoms with Crippen molar-refractivity contribution in [2.75, 3.05) is 6.61 Å². The van der Waals surface area contributed by atoms with Crippen LogP contribution in [0.25, 0.3) is 0 Å². The van der Waals surface area contributed by atoms with Crippen LogP contribution in [-0.4, -0.2) is 34.5 Å². The second-order valence-corrected chi connectivity index (χ2v) is 4.00. The Morgan fingerprint density at radius 1 is 1.20 bits per heavy atom. The highest BCUT2D eigenvalue weighted by Gasteiger charge is 2.28. The molecule has 0 saturated heterocycles. The quantitative estimate of drug-likeness (QED) is 0.606. The summed E-state index contributed by atoms with van der Waals surface area (Å²) < 4.78 is 4.81. The molecule has 0 aliphatic carbocycles. The molecular weight excluding hydrogens is 264 g/mol. The van der Waals surface area contributed by atoms with Gasteiger partial charge in [0.2, 0.25) is 0 Å². The zero-order chi connectivity index (χ0) is 15.3. The van der Waals surface area contributed by atoms with Gasteiger partial charge in [-0.2, -0.15) is 0 Å². The molecule has 0 fully saturated rings. The van der Waals surface area contributed by atoms with Crippen LogP contribution in [0.5, 0.6) is 0 Å². The van der Waals surface area contributed by atoms with Gasteiger partial charge in [-0.25, -0.2) is 9.59 Å². The van der Waals surface area contributed by atoms with Gasteiger partial charge in [0, 0.05) is 17.5 Å². The van der Waals surface area contributed by atoms with Crippen LogP contribution in [0.3, 0.4) is 0 Å². The third-order valence-electron chi connectivity index (χ3n) is 2.73. The topological polar surface area (TPSA) is 101 Å². The maximum Gasteiger partial charge on any atom is 0.338 e. The Labute approximate surface area is 116 Å². The minimum Gasteiger partial charge on any atom is -0.479 e. The Kier molecular flexibility index (Phi) is 5.40. The average molecular weight is 280 g/mol. The number of Topliss-reactive ketones (excluding diaryl/α,β-unsaturated/α-hetero) is 1. The van der Waals surface area contributed by atoms with Crippen LogP contribution in [0.4, 0.5) is 0 Å². The van der Waals surface area contributed by atoms with Crippen LogP contribution in [-0.2, 0) is 9.53 Å². The van der Waals surface area contributed by atoms with E-state index >= 15 is 0 Å². The van der Waals surface area contributed by atoms with Crippen molar-refractivity contribution in [3.05, 3.63) is 34.9 Å². The van der Waals surface area contributed by atoms with Crippen LogP contribution in [0, 0.1) is 0 Å². The summed E-state index contributed by atoms with van der Waals surface area (Å²) in [5.74, 6) is -2.66. The molecule has 0 aromatic heterocycles. The van der Waals surface area contributed by atoms with Crippen molar-refractivity contribution in [2.24, 2.45) is 0 Å². The van der Waals surface area contributed by atoms with E-state index in [0.29, 0.717) is 0 Å². The Hall–Kier alpha value is -2.21. The molecule has 1 unspecified atom stereocenters. The summed E-state index contributed by atoms with van der Waals surface area (Å²) in [6.45, 7) is 3.32. The fraction of sp³-hybridized carbons (Fsp3) is 0.357. The van der Waals surface area contributed by atoms with Gasteiger partial charge in [0.05, 0.1) is 12.2 Å². The van der Waals surface area contributed by atoms with E-state index in [-0.39, 0.29) is 35.5 Å². The highest BCUT2D eigenvalue weighted by molar-refractivity contribution is 6.03. The minimum atomic E-state index is -1.96. The SMILES string of the molecule is CCOC(=O)c1cccc(C(=O)CC)c1C(O)C(=O)O. The molecule has 2 N–H and O–H groups in total. The highest BCUT2D eigenvalue weighted by atomic mass is 16.5. The molecule has 0 radical (unpaired) electrons. The summed E-state index contributed by atoms with van der Waals surface area (Å²) in [6, 6.07) is 4.16. The van der Waals surface area contributed by atoms with Crippen molar-refractivity contribution in [1.82, 2.24) is 0 Å². The number of esters is 1. The van der Waals surface area contributed by atoms with Crippen LogP contribution in [0.2, 0.25) is 0 Å². The number of aliphatic hydroxyl groups is 1. The summed E-state index contributed by atoms with van der Waals surface area (Å²) in [6.07, 6.45) is -1.83. The number of hydrogen-bond acceptors (Lipinski definition) is 5. The first-order valence-corrected chi connectivity index (χ1v) is 6.18. The van der Waals surface area contributed by atoms with Gasteiger partial charge < -0.3 is 14.9 Å². The Morgan fingerprint density at radius 3 is 2.30 bits per heavy atom. The van der Waals surface area contributed by atoms with E-state index in [2.05, 4.69) is 0 Å². The molecular formula is C14H16O6. The summed E-state index contributed by atoms with van der Waals surface area (Å²) in [5, 5.41) is 18.7. The largest absolute Gasteiger partial charge is 0.479 e. The second kappa shape index (κ2) is 6.81. The number of ketones is 1. The van der Waals surface area contributed by atoms with Gasteiger partial charge in [0.1, 0.15) is 0 Å². The van der Waals surface area contributed by atoms with Crippen LogP contribution >= 0.6 is 0 Å². The average Bonchev–Trinajstić information content (AvgIpc) is 2.44. The minimum absolute atomic E-state index is 0.0213. The van der Waals surface area contributed by atoms with Gasteiger partial charge in [-0.05, 0) is 13.0 Å². The first-order valence-electron chi connectivity index (χ1n) is 6.18. The van der Waals surface area contributed by atoms with Crippen LogP contribution < -0.4 is 0 Å². The number of rotatable bonds is 6. The van der Waals surface area contributed by atoms with Crippen molar-refractivity contribution in [3.63, 3.8) is 0 Å². The Bertz CT molecular complexity index is 534. The number of ether oxygens (including phenoxy) is 1. The number of carboxylic acids is 1. The summed E-state index contributed by atoms with van der Waals surface area (Å²) in [7, 11) is 0. The molecule has 1 rings (SSSR count). The molecule has 0 heterocycles. The third-order valence-corrected chi connectivity index (χ3v) is 2.73. The Morgan fingerprint density at radius 2 is 1.80 bits per heavy atom. The Balaban J connectivity index is 3.47. The van der Waals surface area contributed by atoms with Crippen molar-refractivity contribution >= 4 is 17.7 Å². The normalized spacial score (nSPS) is 11.8. The van der Waals surface area contributed by atoms with E-state index in [1.54, 1.807) is 13.8 Å². The standard InChI is InChI=1S/C14H16O6/c1-3-10(15)8-6-5-7-9(14(19)20-4-2)11(8)12(16)13(17)18/h5-7,12,16H,3-4H2,1-2H3,(H,17,18). The molecule has 6 heteroatoms. The molecule has 20 heavy (non-hydrogen) atoms. The predicted octanol–water partition coefficient (Wildman–Crippen LogP) is 1.57. The van der Waals surface area contributed by atoms with Crippen LogP contribution in [0.15, 0.2) is 18.2 Å². The maximum absolute atomic E-state index is 11.8. The lowest BCUT2D eigenvalue weighted by atomic mass is 9.93. The van der Waals surface area contributed by atoms with Crippen molar-refractivity contribution in [3.8, 4) is 0 Å². The van der Waals surface area contributed by atoms with Gasteiger partial charge in [0.15, 0.2) is 11.9 Å². The summed E-state index contributed by atoms with van der Waals surface area (Å²) in [4.78, 5) is 34.6. The molecule has 0 saturated carbocycles. The van der Waals surface area contributed by atoms with E-state index in [0.717, 1.165) is 0 Å². The fourth-order valence-corrected chi connectivity index (χ4v) is 1.80. The first kappa shape index (κ1) is 15.8. The number of carbonyl (C=O) groups is 3. The highest BCUT2D eigenvalue weighted by Crippen LogP contribution is 2.25. The maximum atomic E-state index is 11.8. The van der Waals surface area contributed by atoms with Gasteiger partial charge in [-0.3, -0.25) is 4.79 Å². The molecule has 0 aliphatic rings. The van der Waals surface area contributed by atoms with Gasteiger partial charge >= 0.3 is 11.9 Å². The third kappa shape index (κ3) is 3.21. The van der Waals surface area contributed by atoms with E-state index in [9.17, 15) is 19.5 Å². The molecule has 6 nitrogen and oxygen atoms in total. The first-order chi connectivity index (χ1) is 9.43. The predicted molar refractivity (Wildman–Crippen MR) is 69.6 cm³/mol. The molecule has 1 aromatic rings. The van der Waals surface area contributed by atoms with Gasteiger partial charge in [-0.15, -0.1) is 0 Å². The van der Waals surface area contributed by atoms with Gasteiger partial charge in [0.25, 0.3) is 0 Å². The summed E-state index contributed by atoms with van der Waals surface area (Å²) in [5.41, 5.74) is -0.306. The number of benzene rings is 1. The molecule has 0 spiro atoms. The second-order valence-electron chi connectivity index (χ2n) is 4.00. The molecule has 0 aliphatic heterocycles. The molecule has 1 atom stereocenters. The molecule has 0 bridgehead atoms. The number of aliphatic carboxylic acids is 1. The monoisotopic (exact) mass is 280 g/mol. The lowest BCUT2D eigenvalue weighted by molar-refractivity contribution is -0.147. The zero-order valence-electron chi connectivity index (χ0n) is 11.3. The number of hydrogen-bond donors (Lipinski definition) is 2. The fourth-order valence-electron chi connectivity index (χ4n) is 1.80. The van der Waals surface area contributed by atoms with E-state index < -0.39 is 18.0 Å². The number of carbonyl (C=O) groups excluding carboxylic acids is 2.